The summed E-state index contributed by atoms with van der Waals surface area (Å²) in [6.45, 7) is 8.15. The van der Waals surface area contributed by atoms with Crippen LogP contribution in [0.5, 0.6) is 0 Å². The van der Waals surface area contributed by atoms with Crippen LogP contribution in [0, 0.1) is 11.6 Å². The van der Waals surface area contributed by atoms with Crippen LogP contribution in [0.1, 0.15) is 49.3 Å². The molecule has 0 saturated carbocycles. The van der Waals surface area contributed by atoms with Crippen LogP contribution in [0.4, 0.5) is 25.2 Å². The summed E-state index contributed by atoms with van der Waals surface area (Å²) in [7, 11) is 0. The van der Waals surface area contributed by atoms with Crippen molar-refractivity contribution < 1.29 is 28.2 Å². The summed E-state index contributed by atoms with van der Waals surface area (Å²) >= 11 is 5.97. The zero-order valence-electron chi connectivity index (χ0n) is 22.7. The largest absolute Gasteiger partial charge is 0.444 e. The molecule has 4 rings (SSSR count). The van der Waals surface area contributed by atoms with E-state index in [0.29, 0.717) is 36.9 Å². The molecule has 9 nitrogen and oxygen atoms in total. The number of nitrogens with one attached hydrogen (secondary N) is 2. The molecule has 3 N–H and O–H groups in total. The molecule has 2 amide bonds. The molecule has 1 aliphatic heterocycles. The van der Waals surface area contributed by atoms with Crippen molar-refractivity contribution >= 4 is 35.2 Å². The Kier molecular flexibility index (Phi) is 8.36. The van der Waals surface area contributed by atoms with Crippen molar-refractivity contribution in [3.63, 3.8) is 0 Å². The fraction of sp³-hybridized carbons (Fsp3) is 0.393. The Hall–Kier alpha value is -3.70. The molecule has 2 aromatic carbocycles. The third-order valence-electron chi connectivity index (χ3n) is 6.72. The molecule has 2 heterocycles. The number of aromatic amines is 1. The second-order valence-electron chi connectivity index (χ2n) is 10.8. The maximum absolute atomic E-state index is 15.0. The van der Waals surface area contributed by atoms with Gasteiger partial charge in [-0.1, -0.05) is 23.7 Å². The Labute approximate surface area is 236 Å². The van der Waals surface area contributed by atoms with E-state index in [9.17, 15) is 14.7 Å². The number of aliphatic hydroxyl groups is 1. The number of aliphatic hydroxyl groups excluding tert-OH is 1. The maximum atomic E-state index is 15.0. The number of nitrogens with zero attached hydrogens (tertiary/aromatic N) is 3. The van der Waals surface area contributed by atoms with Crippen molar-refractivity contribution in [1.82, 2.24) is 14.9 Å². The van der Waals surface area contributed by atoms with Gasteiger partial charge in [-0.15, -0.1) is 0 Å². The maximum Gasteiger partial charge on any atom is 0.410 e. The topological polar surface area (TPSA) is 111 Å². The van der Waals surface area contributed by atoms with Gasteiger partial charge in [0.2, 0.25) is 5.95 Å². The van der Waals surface area contributed by atoms with Gasteiger partial charge in [-0.2, -0.15) is 0 Å². The van der Waals surface area contributed by atoms with Gasteiger partial charge in [0.1, 0.15) is 22.8 Å². The van der Waals surface area contributed by atoms with E-state index in [4.69, 9.17) is 16.3 Å². The first kappa shape index (κ1) is 29.3. The van der Waals surface area contributed by atoms with Gasteiger partial charge in [-0.05, 0) is 57.5 Å². The number of H-pyrrole nitrogens is 1. The highest BCUT2D eigenvalue weighted by molar-refractivity contribution is 6.30. The van der Waals surface area contributed by atoms with Gasteiger partial charge in [0.25, 0.3) is 5.91 Å². The molecular formula is C28H32ClF2N5O4. The van der Waals surface area contributed by atoms with Crippen molar-refractivity contribution in [3.05, 3.63) is 76.1 Å². The Morgan fingerprint density at radius 3 is 2.23 bits per heavy atom. The highest BCUT2D eigenvalue weighted by Gasteiger charge is 2.32. The normalized spacial score (nSPS) is 15.5. The molecule has 1 aliphatic rings. The number of hydrogen-bond acceptors (Lipinski definition) is 6. The monoisotopic (exact) mass is 575 g/mol. The van der Waals surface area contributed by atoms with Gasteiger partial charge in [0, 0.05) is 43.1 Å². The molecule has 1 unspecified atom stereocenters. The number of anilines is 2. The second-order valence-corrected chi connectivity index (χ2v) is 11.3. The molecule has 1 aromatic heterocycles. The summed E-state index contributed by atoms with van der Waals surface area (Å²) in [6.07, 6.45) is 1.07. The Morgan fingerprint density at radius 1 is 1.07 bits per heavy atom. The van der Waals surface area contributed by atoms with E-state index >= 15 is 8.78 Å². The van der Waals surface area contributed by atoms with E-state index in [1.54, 1.807) is 61.8 Å². The minimum Gasteiger partial charge on any atom is -0.444 e. The van der Waals surface area contributed by atoms with Crippen LogP contribution < -0.4 is 10.2 Å². The smallest absolute Gasteiger partial charge is 0.410 e. The number of carbonyl (C=O) groups excluding carboxylic acids is 2. The van der Waals surface area contributed by atoms with Gasteiger partial charge < -0.3 is 24.6 Å². The van der Waals surface area contributed by atoms with Crippen molar-refractivity contribution in [1.29, 1.82) is 0 Å². The van der Waals surface area contributed by atoms with Crippen LogP contribution in [0.3, 0.4) is 0 Å². The lowest BCUT2D eigenvalue weighted by Gasteiger charge is -2.36. The summed E-state index contributed by atoms with van der Waals surface area (Å²) < 4.78 is 35.4. The first-order chi connectivity index (χ1) is 18.8. The third-order valence-corrected chi connectivity index (χ3v) is 6.98. The predicted octanol–water partition coefficient (Wildman–Crippen LogP) is 4.95. The summed E-state index contributed by atoms with van der Waals surface area (Å²) in [5.74, 6) is -3.12. The number of rotatable bonds is 6. The van der Waals surface area contributed by atoms with Crippen LogP contribution >= 0.6 is 11.6 Å². The molecule has 0 radical (unpaired) electrons. The van der Waals surface area contributed by atoms with Crippen molar-refractivity contribution in [2.75, 3.05) is 43.0 Å². The number of benzene rings is 2. The summed E-state index contributed by atoms with van der Waals surface area (Å²) in [6, 6.07) is 9.09. The zero-order valence-corrected chi connectivity index (χ0v) is 23.5. The summed E-state index contributed by atoms with van der Waals surface area (Å²) in [5, 5.41) is 13.1. The van der Waals surface area contributed by atoms with Crippen molar-refractivity contribution in [2.45, 2.75) is 38.7 Å². The molecule has 3 aromatic rings. The van der Waals surface area contributed by atoms with Gasteiger partial charge in [0.15, 0.2) is 0 Å². The first-order valence-electron chi connectivity index (χ1n) is 12.8. The number of aromatic nitrogens is 2. The molecule has 0 bridgehead atoms. The van der Waals surface area contributed by atoms with Gasteiger partial charge >= 0.3 is 6.09 Å². The van der Waals surface area contributed by atoms with E-state index in [1.807, 2.05) is 0 Å². The highest BCUT2D eigenvalue weighted by Crippen LogP contribution is 2.32. The minimum absolute atomic E-state index is 0.0326. The molecule has 214 valence electrons. The highest BCUT2D eigenvalue weighted by atomic mass is 35.5. The molecule has 12 heteroatoms. The van der Waals surface area contributed by atoms with Crippen LogP contribution in [0.25, 0.3) is 0 Å². The molecule has 1 saturated heterocycles. The summed E-state index contributed by atoms with van der Waals surface area (Å²) in [4.78, 5) is 35.5. The molecule has 0 spiro atoms. The lowest BCUT2D eigenvalue weighted by Crippen LogP contribution is -2.50. The lowest BCUT2D eigenvalue weighted by molar-refractivity contribution is 0.0240. The molecular weight excluding hydrogens is 544 g/mol. The number of ether oxygens (including phenoxy) is 1. The fourth-order valence-corrected chi connectivity index (χ4v) is 4.54. The predicted molar refractivity (Wildman–Crippen MR) is 148 cm³/mol. The van der Waals surface area contributed by atoms with Gasteiger partial charge in [-0.25, -0.2) is 18.6 Å². The standard InChI is InChI=1S/C28H32ClF2N5O4/c1-27(2,3)40-26(39)36-11-9-35(10-12-36)19-13-20(30)23(21(31)14-19)24(38)34-25-32-15-22(33-25)28(4,16-37)17-5-7-18(29)8-6-17/h5-8,13-15,37H,9-12,16H2,1-4H3,(H2,32,33,34,38). The van der Waals surface area contributed by atoms with E-state index in [1.165, 1.54) is 6.20 Å². The average Bonchev–Trinajstić information content (AvgIpc) is 3.36. The van der Waals surface area contributed by atoms with E-state index in [-0.39, 0.29) is 18.2 Å². The van der Waals surface area contributed by atoms with Gasteiger partial charge in [0.05, 0.1) is 17.7 Å². The number of hydrogen-bond donors (Lipinski definition) is 3. The van der Waals surface area contributed by atoms with E-state index in [0.717, 1.165) is 17.7 Å². The summed E-state index contributed by atoms with van der Waals surface area (Å²) in [5.41, 5.74) is -0.884. The molecule has 1 atom stereocenters. The Balaban J connectivity index is 1.44. The lowest BCUT2D eigenvalue weighted by atomic mass is 9.80. The molecule has 0 aliphatic carbocycles. The van der Waals surface area contributed by atoms with Crippen LogP contribution in [-0.2, 0) is 10.2 Å². The van der Waals surface area contributed by atoms with Crippen molar-refractivity contribution in [3.8, 4) is 0 Å². The number of imidazole rings is 1. The van der Waals surface area contributed by atoms with Crippen LogP contribution in [0.2, 0.25) is 5.02 Å². The van der Waals surface area contributed by atoms with E-state index in [2.05, 4.69) is 15.3 Å². The Bertz CT molecular complexity index is 1360. The SMILES string of the molecule is CC(C)(C)OC(=O)N1CCN(c2cc(F)c(C(=O)Nc3nc(C(C)(CO)c4ccc(Cl)cc4)c[nH]3)c(F)c2)CC1. The number of carbonyl (C=O) groups is 2. The van der Waals surface area contributed by atoms with Crippen molar-refractivity contribution in [2.24, 2.45) is 0 Å². The molecule has 40 heavy (non-hydrogen) atoms. The molecule has 1 fully saturated rings. The zero-order chi connectivity index (χ0) is 29.2. The number of piperazine rings is 1. The third kappa shape index (κ3) is 6.37. The first-order valence-corrected chi connectivity index (χ1v) is 13.1. The van der Waals surface area contributed by atoms with E-state index < -0.39 is 40.2 Å². The van der Waals surface area contributed by atoms with Crippen LogP contribution in [-0.4, -0.2) is 70.4 Å². The average molecular weight is 576 g/mol. The number of halogens is 3. The Morgan fingerprint density at radius 2 is 1.68 bits per heavy atom. The minimum atomic E-state index is -1.03. The quantitative estimate of drug-likeness (QED) is 0.384. The fourth-order valence-electron chi connectivity index (χ4n) is 4.41. The second kappa shape index (κ2) is 11.4. The van der Waals surface area contributed by atoms with Gasteiger partial charge in [-0.3, -0.25) is 10.1 Å². The van der Waals surface area contributed by atoms with Crippen LogP contribution in [0.15, 0.2) is 42.6 Å². The number of amides is 2.